The Balaban J connectivity index is 1.72. The summed E-state index contributed by atoms with van der Waals surface area (Å²) in [4.78, 5) is 37.4. The number of benzene rings is 1. The molecule has 3 N–H and O–H groups in total. The van der Waals surface area contributed by atoms with E-state index in [9.17, 15) is 19.5 Å². The summed E-state index contributed by atoms with van der Waals surface area (Å²) in [6.45, 7) is 2.39. The molecule has 1 aromatic carbocycles. The third-order valence-corrected chi connectivity index (χ3v) is 5.73. The quantitative estimate of drug-likeness (QED) is 0.746. The zero-order valence-electron chi connectivity index (χ0n) is 14.5. The zero-order chi connectivity index (χ0) is 18.9. The molecule has 2 aliphatic rings. The summed E-state index contributed by atoms with van der Waals surface area (Å²) in [6.07, 6.45) is 2.67. The fraction of sp³-hybridized carbons (Fsp3) is 0.500. The maximum atomic E-state index is 12.6. The summed E-state index contributed by atoms with van der Waals surface area (Å²) in [5.74, 6) is -0.964. The molecule has 1 heterocycles. The molecule has 1 aliphatic carbocycles. The van der Waals surface area contributed by atoms with Crippen LogP contribution >= 0.6 is 11.6 Å². The van der Waals surface area contributed by atoms with Gasteiger partial charge in [0.2, 0.25) is 5.91 Å². The predicted molar refractivity (Wildman–Crippen MR) is 98.4 cm³/mol. The van der Waals surface area contributed by atoms with Gasteiger partial charge in [0.25, 0.3) is 0 Å². The largest absolute Gasteiger partial charge is 0.481 e. The highest BCUT2D eigenvalue weighted by Crippen LogP contribution is 2.49. The van der Waals surface area contributed by atoms with Gasteiger partial charge < -0.3 is 20.6 Å². The molecule has 8 heteroatoms. The van der Waals surface area contributed by atoms with Crippen molar-refractivity contribution in [3.63, 3.8) is 0 Å². The van der Waals surface area contributed by atoms with Gasteiger partial charge in [0.15, 0.2) is 0 Å². The third-order valence-electron chi connectivity index (χ3n) is 5.40. The minimum absolute atomic E-state index is 0.00333. The second kappa shape index (κ2) is 7.15. The molecule has 3 amide bonds. The lowest BCUT2D eigenvalue weighted by molar-refractivity contribution is -0.149. The maximum absolute atomic E-state index is 12.6. The highest BCUT2D eigenvalue weighted by Gasteiger charge is 2.55. The maximum Gasteiger partial charge on any atom is 0.321 e. The molecule has 2 fully saturated rings. The second-order valence-electron chi connectivity index (χ2n) is 6.96. The second-order valence-corrected chi connectivity index (χ2v) is 7.36. The van der Waals surface area contributed by atoms with Crippen molar-refractivity contribution >= 4 is 40.9 Å². The van der Waals surface area contributed by atoms with Crippen LogP contribution in [-0.2, 0) is 9.59 Å². The molecule has 1 aromatic rings. The van der Waals surface area contributed by atoms with Crippen LogP contribution in [0, 0.1) is 11.3 Å². The molecule has 1 saturated carbocycles. The first-order valence-electron chi connectivity index (χ1n) is 8.74. The van der Waals surface area contributed by atoms with E-state index in [1.54, 1.807) is 30.0 Å². The van der Waals surface area contributed by atoms with Crippen LogP contribution in [0.4, 0.5) is 16.2 Å². The molecule has 0 bridgehead atoms. The van der Waals surface area contributed by atoms with Gasteiger partial charge in [-0.15, -0.1) is 0 Å². The number of fused-ring (bicyclic) bond motifs is 1. The first-order valence-corrected chi connectivity index (χ1v) is 9.12. The molecular weight excluding hydrogens is 358 g/mol. The number of urea groups is 1. The molecule has 1 aliphatic heterocycles. The van der Waals surface area contributed by atoms with Crippen molar-refractivity contribution in [3.8, 4) is 0 Å². The Hall–Kier alpha value is -2.28. The Morgan fingerprint density at radius 2 is 2.12 bits per heavy atom. The predicted octanol–water partition coefficient (Wildman–Crippen LogP) is 3.41. The number of carboxylic acid groups (broad SMARTS) is 1. The van der Waals surface area contributed by atoms with E-state index in [1.807, 2.05) is 0 Å². The molecule has 2 atom stereocenters. The Kier molecular flexibility index (Phi) is 5.09. The number of hydrogen-bond acceptors (Lipinski definition) is 3. The Labute approximate surface area is 156 Å². The number of halogens is 1. The number of nitrogens with one attached hydrogen (secondary N) is 2. The van der Waals surface area contributed by atoms with Crippen LogP contribution in [0.2, 0.25) is 5.02 Å². The van der Waals surface area contributed by atoms with Crippen LogP contribution in [-0.4, -0.2) is 41.0 Å². The molecule has 0 radical (unpaired) electrons. The zero-order valence-corrected chi connectivity index (χ0v) is 15.3. The normalized spacial score (nSPS) is 24.2. The van der Waals surface area contributed by atoms with E-state index < -0.39 is 11.4 Å². The standard InChI is InChI=1S/C18H22ClN3O4/c1-2-15(23)20-12-5-6-13(19)14(8-12)21-17(26)22-9-11-4-3-7-18(11,10-22)16(24)25/h5-6,8,11H,2-4,7,9-10H2,1H3,(H,20,23)(H,21,26)(H,24,25)/t11-,18+/m0/s1. The van der Waals surface area contributed by atoms with Crippen LogP contribution in [0.3, 0.4) is 0 Å². The average molecular weight is 380 g/mol. The molecule has 140 valence electrons. The number of carbonyl (C=O) groups excluding carboxylic acids is 2. The van der Waals surface area contributed by atoms with Gasteiger partial charge in [-0.3, -0.25) is 9.59 Å². The first kappa shape index (κ1) is 18.5. The van der Waals surface area contributed by atoms with Crippen molar-refractivity contribution < 1.29 is 19.5 Å². The van der Waals surface area contributed by atoms with Crippen molar-refractivity contribution in [2.24, 2.45) is 11.3 Å². The summed E-state index contributed by atoms with van der Waals surface area (Å²) in [6, 6.07) is 4.48. The lowest BCUT2D eigenvalue weighted by atomic mass is 9.81. The molecule has 0 unspecified atom stereocenters. The van der Waals surface area contributed by atoms with Crippen molar-refractivity contribution in [2.45, 2.75) is 32.6 Å². The van der Waals surface area contributed by atoms with Crippen LogP contribution in [0.15, 0.2) is 18.2 Å². The SMILES string of the molecule is CCC(=O)Nc1ccc(Cl)c(NC(=O)N2C[C@@H]3CCC[C@@]3(C(=O)O)C2)c1. The number of aliphatic carboxylic acids is 1. The fourth-order valence-corrected chi connectivity index (χ4v) is 4.10. The Bertz CT molecular complexity index is 754. The first-order chi connectivity index (χ1) is 12.4. The van der Waals surface area contributed by atoms with E-state index in [-0.39, 0.29) is 24.4 Å². The monoisotopic (exact) mass is 379 g/mol. The van der Waals surface area contributed by atoms with Crippen molar-refractivity contribution in [1.29, 1.82) is 0 Å². The number of carbonyl (C=O) groups is 3. The van der Waals surface area contributed by atoms with Gasteiger partial charge in [-0.05, 0) is 37.0 Å². The highest BCUT2D eigenvalue weighted by atomic mass is 35.5. The van der Waals surface area contributed by atoms with Crippen molar-refractivity contribution in [2.75, 3.05) is 23.7 Å². The van der Waals surface area contributed by atoms with Gasteiger partial charge in [-0.2, -0.15) is 0 Å². The van der Waals surface area contributed by atoms with E-state index in [2.05, 4.69) is 10.6 Å². The van der Waals surface area contributed by atoms with E-state index in [0.717, 1.165) is 12.8 Å². The van der Waals surface area contributed by atoms with E-state index in [1.165, 1.54) is 0 Å². The third kappa shape index (κ3) is 3.35. The molecule has 26 heavy (non-hydrogen) atoms. The number of amides is 3. The molecule has 1 saturated heterocycles. The summed E-state index contributed by atoms with van der Waals surface area (Å²) in [5.41, 5.74) is 0.0989. The van der Waals surface area contributed by atoms with Gasteiger partial charge in [0.1, 0.15) is 0 Å². The topological polar surface area (TPSA) is 98.7 Å². The molecule has 0 spiro atoms. The number of anilines is 2. The van der Waals surface area contributed by atoms with E-state index >= 15 is 0 Å². The van der Waals surface area contributed by atoms with Crippen molar-refractivity contribution in [3.05, 3.63) is 23.2 Å². The lowest BCUT2D eigenvalue weighted by Gasteiger charge is -2.23. The van der Waals surface area contributed by atoms with Crippen molar-refractivity contribution in [1.82, 2.24) is 4.90 Å². The number of likely N-dealkylation sites (tertiary alicyclic amines) is 1. The van der Waals surface area contributed by atoms with Gasteiger partial charge in [-0.1, -0.05) is 24.9 Å². The van der Waals surface area contributed by atoms with E-state index in [0.29, 0.717) is 35.8 Å². The number of nitrogens with zero attached hydrogens (tertiary/aromatic N) is 1. The number of hydrogen-bond donors (Lipinski definition) is 3. The van der Waals surface area contributed by atoms with Gasteiger partial charge in [0.05, 0.1) is 16.1 Å². The smallest absolute Gasteiger partial charge is 0.321 e. The summed E-state index contributed by atoms with van der Waals surface area (Å²) < 4.78 is 0. The number of rotatable bonds is 4. The van der Waals surface area contributed by atoms with Gasteiger partial charge in [0, 0.05) is 25.2 Å². The summed E-state index contributed by atoms with van der Waals surface area (Å²) >= 11 is 6.15. The number of carboxylic acids is 1. The fourth-order valence-electron chi connectivity index (χ4n) is 3.94. The van der Waals surface area contributed by atoms with E-state index in [4.69, 9.17) is 11.6 Å². The van der Waals surface area contributed by atoms with Crippen LogP contribution in [0.1, 0.15) is 32.6 Å². The Morgan fingerprint density at radius 3 is 2.77 bits per heavy atom. The average Bonchev–Trinajstić information content (AvgIpc) is 3.16. The van der Waals surface area contributed by atoms with Gasteiger partial charge in [-0.25, -0.2) is 4.79 Å². The minimum Gasteiger partial charge on any atom is -0.481 e. The Morgan fingerprint density at radius 1 is 1.35 bits per heavy atom. The van der Waals surface area contributed by atoms with Gasteiger partial charge >= 0.3 is 12.0 Å². The summed E-state index contributed by atoms with van der Waals surface area (Å²) in [5, 5.41) is 15.4. The summed E-state index contributed by atoms with van der Waals surface area (Å²) in [7, 11) is 0. The lowest BCUT2D eigenvalue weighted by Crippen LogP contribution is -2.38. The molecule has 7 nitrogen and oxygen atoms in total. The minimum atomic E-state index is -0.822. The molecule has 0 aromatic heterocycles. The van der Waals surface area contributed by atoms with Crippen LogP contribution in [0.5, 0.6) is 0 Å². The molecular formula is C18H22ClN3O4. The molecule has 3 rings (SSSR count). The van der Waals surface area contributed by atoms with Crippen LogP contribution < -0.4 is 10.6 Å². The van der Waals surface area contributed by atoms with Crippen LogP contribution in [0.25, 0.3) is 0 Å². The highest BCUT2D eigenvalue weighted by molar-refractivity contribution is 6.33.